The summed E-state index contributed by atoms with van der Waals surface area (Å²) in [5.41, 5.74) is 4.34. The highest BCUT2D eigenvalue weighted by atomic mass is 16.5. The summed E-state index contributed by atoms with van der Waals surface area (Å²) in [6.45, 7) is 0.563. The Labute approximate surface area is 141 Å². The monoisotopic (exact) mass is 314 g/mol. The van der Waals surface area contributed by atoms with Crippen LogP contribution in [0.1, 0.15) is 5.56 Å². The Morgan fingerprint density at radius 2 is 1.67 bits per heavy atom. The lowest BCUT2D eigenvalue weighted by Gasteiger charge is -2.07. The second kappa shape index (κ2) is 6.20. The van der Waals surface area contributed by atoms with E-state index in [0.29, 0.717) is 6.61 Å². The summed E-state index contributed by atoms with van der Waals surface area (Å²) in [4.78, 5) is 0. The lowest BCUT2D eigenvalue weighted by Crippen LogP contribution is -1.95. The summed E-state index contributed by atoms with van der Waals surface area (Å²) < 4.78 is 7.86. The first kappa shape index (κ1) is 14.5. The quantitative estimate of drug-likeness (QED) is 0.540. The van der Waals surface area contributed by atoms with E-state index in [0.717, 1.165) is 33.5 Å². The third-order valence-electron chi connectivity index (χ3n) is 4.11. The molecule has 3 heteroatoms. The van der Waals surface area contributed by atoms with Gasteiger partial charge in [-0.05, 0) is 23.8 Å². The highest BCUT2D eigenvalue weighted by molar-refractivity contribution is 5.93. The molecule has 0 bridgehead atoms. The van der Waals surface area contributed by atoms with Crippen LogP contribution in [-0.4, -0.2) is 9.78 Å². The van der Waals surface area contributed by atoms with Crippen molar-refractivity contribution in [2.75, 3.05) is 0 Å². The molecule has 0 aliphatic carbocycles. The fourth-order valence-electron chi connectivity index (χ4n) is 2.90. The minimum Gasteiger partial charge on any atom is -0.489 e. The average Bonchev–Trinajstić information content (AvgIpc) is 2.98. The first-order valence-electron chi connectivity index (χ1n) is 8.00. The molecule has 4 rings (SSSR count). The van der Waals surface area contributed by atoms with Gasteiger partial charge in [0.2, 0.25) is 0 Å². The molecule has 24 heavy (non-hydrogen) atoms. The van der Waals surface area contributed by atoms with Crippen molar-refractivity contribution in [2.24, 2.45) is 7.05 Å². The lowest BCUT2D eigenvalue weighted by atomic mass is 10.1. The minimum absolute atomic E-state index is 0.563. The van der Waals surface area contributed by atoms with Crippen molar-refractivity contribution in [3.63, 3.8) is 0 Å². The Morgan fingerprint density at radius 1 is 0.875 bits per heavy atom. The molecule has 0 amide bonds. The third kappa shape index (κ3) is 2.76. The maximum atomic E-state index is 5.94. The van der Waals surface area contributed by atoms with Crippen molar-refractivity contribution in [1.29, 1.82) is 0 Å². The van der Waals surface area contributed by atoms with Gasteiger partial charge in [-0.25, -0.2) is 0 Å². The van der Waals surface area contributed by atoms with E-state index < -0.39 is 0 Å². The molecule has 0 saturated carbocycles. The number of hydrogen-bond acceptors (Lipinski definition) is 2. The Bertz CT molecular complexity index is 973. The van der Waals surface area contributed by atoms with E-state index >= 15 is 0 Å². The minimum atomic E-state index is 0.563. The second-order valence-corrected chi connectivity index (χ2v) is 5.79. The molecule has 0 saturated heterocycles. The van der Waals surface area contributed by atoms with Gasteiger partial charge in [0.25, 0.3) is 0 Å². The van der Waals surface area contributed by atoms with Crippen LogP contribution in [0, 0.1) is 0 Å². The molecule has 118 valence electrons. The lowest BCUT2D eigenvalue weighted by molar-refractivity contribution is 0.306. The van der Waals surface area contributed by atoms with E-state index in [4.69, 9.17) is 4.74 Å². The van der Waals surface area contributed by atoms with E-state index in [1.54, 1.807) is 0 Å². The van der Waals surface area contributed by atoms with Gasteiger partial charge in [0.1, 0.15) is 18.1 Å². The average molecular weight is 314 g/mol. The van der Waals surface area contributed by atoms with Gasteiger partial charge in [-0.1, -0.05) is 60.7 Å². The highest BCUT2D eigenvalue weighted by Crippen LogP contribution is 2.29. The maximum Gasteiger partial charge on any atom is 0.120 e. The van der Waals surface area contributed by atoms with Crippen molar-refractivity contribution in [3.8, 4) is 17.0 Å². The number of hydrogen-bond donors (Lipinski definition) is 0. The smallest absolute Gasteiger partial charge is 0.120 e. The standard InChI is InChI=1S/C21H18N2O/c1-23-20-13-6-5-12-19(20)21(22-23)17-10-7-11-18(14-17)24-15-16-8-3-2-4-9-16/h2-14H,15H2,1H3. The molecule has 4 aromatic rings. The van der Waals surface area contributed by atoms with Gasteiger partial charge in [0.05, 0.1) is 5.52 Å². The molecular formula is C21H18N2O. The number of rotatable bonds is 4. The molecule has 1 heterocycles. The molecule has 0 N–H and O–H groups in total. The number of fused-ring (bicyclic) bond motifs is 1. The molecule has 0 unspecified atom stereocenters. The summed E-state index contributed by atoms with van der Waals surface area (Å²) >= 11 is 0. The Balaban J connectivity index is 1.64. The predicted octanol–water partition coefficient (Wildman–Crippen LogP) is 4.82. The van der Waals surface area contributed by atoms with Gasteiger partial charge in [-0.3, -0.25) is 4.68 Å². The van der Waals surface area contributed by atoms with Gasteiger partial charge >= 0.3 is 0 Å². The Hall–Kier alpha value is -3.07. The van der Waals surface area contributed by atoms with Gasteiger partial charge in [0.15, 0.2) is 0 Å². The molecule has 3 aromatic carbocycles. The molecule has 0 atom stereocenters. The van der Waals surface area contributed by atoms with Crippen LogP contribution in [0.15, 0.2) is 78.9 Å². The van der Waals surface area contributed by atoms with Crippen LogP contribution in [0.2, 0.25) is 0 Å². The van der Waals surface area contributed by atoms with Crippen molar-refractivity contribution in [3.05, 3.63) is 84.4 Å². The zero-order chi connectivity index (χ0) is 16.4. The van der Waals surface area contributed by atoms with Crippen LogP contribution in [0.3, 0.4) is 0 Å². The second-order valence-electron chi connectivity index (χ2n) is 5.79. The molecule has 0 aliphatic heterocycles. The van der Waals surface area contributed by atoms with Crippen LogP contribution >= 0.6 is 0 Å². The molecule has 1 aromatic heterocycles. The van der Waals surface area contributed by atoms with Crippen LogP contribution in [0.4, 0.5) is 0 Å². The van der Waals surface area contributed by atoms with Crippen LogP contribution in [-0.2, 0) is 13.7 Å². The maximum absolute atomic E-state index is 5.94. The molecule has 3 nitrogen and oxygen atoms in total. The summed E-state index contributed by atoms with van der Waals surface area (Å²) in [5, 5.41) is 5.83. The number of nitrogens with zero attached hydrogens (tertiary/aromatic N) is 2. The van der Waals surface area contributed by atoms with Crippen LogP contribution in [0.5, 0.6) is 5.75 Å². The molecule has 0 radical (unpaired) electrons. The van der Waals surface area contributed by atoms with Crippen molar-refractivity contribution in [2.45, 2.75) is 6.61 Å². The Morgan fingerprint density at radius 3 is 2.54 bits per heavy atom. The summed E-state index contributed by atoms with van der Waals surface area (Å²) in [6, 6.07) is 26.6. The number of para-hydroxylation sites is 1. The van der Waals surface area contributed by atoms with Gasteiger partial charge in [-0.15, -0.1) is 0 Å². The van der Waals surface area contributed by atoms with Crippen molar-refractivity contribution < 1.29 is 4.74 Å². The summed E-state index contributed by atoms with van der Waals surface area (Å²) in [7, 11) is 1.97. The number of benzene rings is 3. The number of aryl methyl sites for hydroxylation is 1. The van der Waals surface area contributed by atoms with E-state index in [2.05, 4.69) is 41.5 Å². The molecule has 0 fully saturated rings. The summed E-state index contributed by atoms with van der Waals surface area (Å²) in [6.07, 6.45) is 0. The number of ether oxygens (including phenoxy) is 1. The predicted molar refractivity (Wildman–Crippen MR) is 96.9 cm³/mol. The topological polar surface area (TPSA) is 27.1 Å². The molecule has 0 spiro atoms. The first-order valence-corrected chi connectivity index (χ1v) is 8.00. The SMILES string of the molecule is Cn1nc(-c2cccc(OCc3ccccc3)c2)c2ccccc21. The Kier molecular flexibility index (Phi) is 3.75. The third-order valence-corrected chi connectivity index (χ3v) is 4.11. The van der Waals surface area contributed by atoms with Crippen molar-refractivity contribution in [1.82, 2.24) is 9.78 Å². The summed E-state index contributed by atoms with van der Waals surface area (Å²) in [5.74, 6) is 0.853. The zero-order valence-electron chi connectivity index (χ0n) is 13.5. The first-order chi connectivity index (χ1) is 11.8. The van der Waals surface area contributed by atoms with Gasteiger partial charge in [0, 0.05) is 18.0 Å². The van der Waals surface area contributed by atoms with E-state index in [1.807, 2.05) is 54.2 Å². The van der Waals surface area contributed by atoms with Gasteiger partial charge < -0.3 is 4.74 Å². The molecule has 0 aliphatic rings. The van der Waals surface area contributed by atoms with Crippen LogP contribution in [0.25, 0.3) is 22.2 Å². The fourth-order valence-corrected chi connectivity index (χ4v) is 2.90. The largest absolute Gasteiger partial charge is 0.489 e. The number of aromatic nitrogens is 2. The normalized spacial score (nSPS) is 10.9. The van der Waals surface area contributed by atoms with E-state index in [-0.39, 0.29) is 0 Å². The van der Waals surface area contributed by atoms with E-state index in [9.17, 15) is 0 Å². The van der Waals surface area contributed by atoms with Gasteiger partial charge in [-0.2, -0.15) is 5.10 Å². The molecular weight excluding hydrogens is 296 g/mol. The van der Waals surface area contributed by atoms with Crippen LogP contribution < -0.4 is 4.74 Å². The fraction of sp³-hybridized carbons (Fsp3) is 0.0952. The highest BCUT2D eigenvalue weighted by Gasteiger charge is 2.10. The zero-order valence-corrected chi connectivity index (χ0v) is 13.5. The van der Waals surface area contributed by atoms with Crippen molar-refractivity contribution >= 4 is 10.9 Å². The van der Waals surface area contributed by atoms with E-state index in [1.165, 1.54) is 0 Å².